The quantitative estimate of drug-likeness (QED) is 0.676. The number of nitriles is 1. The lowest BCUT2D eigenvalue weighted by Crippen LogP contribution is -1.95. The number of aromatic hydroxyl groups is 1. The number of phenolic OH excluding ortho intramolecular Hbond substituents is 1. The number of rotatable bonds is 5. The molecular formula is C18H17NO4. The zero-order valence-electron chi connectivity index (χ0n) is 13.2. The van der Waals surface area contributed by atoms with E-state index < -0.39 is 0 Å². The van der Waals surface area contributed by atoms with Crippen molar-refractivity contribution in [1.82, 2.24) is 0 Å². The average molecular weight is 311 g/mol. The number of ether oxygens (including phenoxy) is 3. The van der Waals surface area contributed by atoms with Gasteiger partial charge in [-0.1, -0.05) is 0 Å². The van der Waals surface area contributed by atoms with Crippen LogP contribution < -0.4 is 14.2 Å². The Morgan fingerprint density at radius 3 is 2.00 bits per heavy atom. The first-order valence-corrected chi connectivity index (χ1v) is 6.84. The molecule has 2 aromatic rings. The van der Waals surface area contributed by atoms with E-state index in [2.05, 4.69) is 6.07 Å². The fraction of sp³-hybridized carbons (Fsp3) is 0.167. The maximum Gasteiger partial charge on any atom is 0.203 e. The van der Waals surface area contributed by atoms with Gasteiger partial charge in [-0.25, -0.2) is 0 Å². The van der Waals surface area contributed by atoms with Crippen molar-refractivity contribution < 1.29 is 19.3 Å². The molecule has 1 N–H and O–H groups in total. The standard InChI is InChI=1S/C18H17NO4/c1-21-16-9-12(10-17(22-2)18(16)23-3)8-14(11-19)13-4-6-15(20)7-5-13/h4-10,20H,1-3H3/b14-8+. The smallest absolute Gasteiger partial charge is 0.203 e. The molecule has 5 nitrogen and oxygen atoms in total. The van der Waals surface area contributed by atoms with Crippen molar-refractivity contribution in [1.29, 1.82) is 5.26 Å². The zero-order valence-corrected chi connectivity index (χ0v) is 13.2. The van der Waals surface area contributed by atoms with Crippen LogP contribution in [0, 0.1) is 11.3 Å². The Hall–Kier alpha value is -3.13. The average Bonchev–Trinajstić information content (AvgIpc) is 2.59. The normalized spacial score (nSPS) is 10.8. The minimum atomic E-state index is 0.152. The third-order valence-corrected chi connectivity index (χ3v) is 3.30. The van der Waals surface area contributed by atoms with Crippen molar-refractivity contribution in [3.05, 3.63) is 47.5 Å². The highest BCUT2D eigenvalue weighted by Gasteiger charge is 2.13. The van der Waals surface area contributed by atoms with E-state index in [1.165, 1.54) is 33.5 Å². The summed E-state index contributed by atoms with van der Waals surface area (Å²) < 4.78 is 15.9. The van der Waals surface area contributed by atoms with E-state index in [1.807, 2.05) is 0 Å². The van der Waals surface area contributed by atoms with E-state index >= 15 is 0 Å². The molecule has 0 aliphatic carbocycles. The molecule has 23 heavy (non-hydrogen) atoms. The van der Waals surface area contributed by atoms with Crippen LogP contribution in [0.15, 0.2) is 36.4 Å². The van der Waals surface area contributed by atoms with Crippen LogP contribution in [0.25, 0.3) is 11.6 Å². The summed E-state index contributed by atoms with van der Waals surface area (Å²) in [4.78, 5) is 0. The Morgan fingerprint density at radius 1 is 1.00 bits per heavy atom. The Bertz CT molecular complexity index is 733. The molecule has 0 spiro atoms. The van der Waals surface area contributed by atoms with E-state index in [-0.39, 0.29) is 5.75 Å². The van der Waals surface area contributed by atoms with Crippen LogP contribution >= 0.6 is 0 Å². The molecule has 0 fully saturated rings. The first kappa shape index (κ1) is 16.2. The number of nitrogens with zero attached hydrogens (tertiary/aromatic N) is 1. The number of allylic oxidation sites excluding steroid dienone is 1. The molecule has 2 aromatic carbocycles. The van der Waals surface area contributed by atoms with E-state index in [1.54, 1.807) is 30.3 Å². The van der Waals surface area contributed by atoms with Gasteiger partial charge in [0.05, 0.1) is 33.0 Å². The second-order valence-corrected chi connectivity index (χ2v) is 4.68. The van der Waals surface area contributed by atoms with Crippen LogP contribution in [-0.4, -0.2) is 26.4 Å². The predicted octanol–water partition coefficient (Wildman–Crippen LogP) is 3.48. The zero-order chi connectivity index (χ0) is 16.8. The summed E-state index contributed by atoms with van der Waals surface area (Å²) in [5, 5.41) is 18.7. The summed E-state index contributed by atoms with van der Waals surface area (Å²) in [7, 11) is 4.61. The van der Waals surface area contributed by atoms with Crippen molar-refractivity contribution in [2.24, 2.45) is 0 Å². The second kappa shape index (κ2) is 7.23. The van der Waals surface area contributed by atoms with Crippen LogP contribution in [0.5, 0.6) is 23.0 Å². The van der Waals surface area contributed by atoms with E-state index in [0.717, 1.165) is 5.56 Å². The highest BCUT2D eigenvalue weighted by atomic mass is 16.5. The number of benzene rings is 2. The highest BCUT2D eigenvalue weighted by molar-refractivity contribution is 5.90. The summed E-state index contributed by atoms with van der Waals surface area (Å²) in [6, 6.07) is 12.1. The van der Waals surface area contributed by atoms with Gasteiger partial charge in [0.15, 0.2) is 11.5 Å². The molecule has 0 saturated heterocycles. The van der Waals surface area contributed by atoms with E-state index in [4.69, 9.17) is 14.2 Å². The van der Waals surface area contributed by atoms with Crippen LogP contribution in [0.4, 0.5) is 0 Å². The van der Waals surface area contributed by atoms with Gasteiger partial charge in [-0.2, -0.15) is 5.26 Å². The Labute approximate surface area is 135 Å². The minimum absolute atomic E-state index is 0.152. The number of phenols is 1. The predicted molar refractivity (Wildman–Crippen MR) is 87.7 cm³/mol. The molecule has 118 valence electrons. The van der Waals surface area contributed by atoms with Gasteiger partial charge in [0.25, 0.3) is 0 Å². The SMILES string of the molecule is COc1cc(/C=C(\C#N)c2ccc(O)cc2)cc(OC)c1OC. The fourth-order valence-electron chi connectivity index (χ4n) is 2.17. The molecule has 0 aromatic heterocycles. The summed E-state index contributed by atoms with van der Waals surface area (Å²) in [6.07, 6.45) is 1.72. The van der Waals surface area contributed by atoms with Crippen LogP contribution in [0.2, 0.25) is 0 Å². The van der Waals surface area contributed by atoms with Gasteiger partial charge in [0, 0.05) is 0 Å². The van der Waals surface area contributed by atoms with Crippen LogP contribution in [-0.2, 0) is 0 Å². The lowest BCUT2D eigenvalue weighted by molar-refractivity contribution is 0.324. The van der Waals surface area contributed by atoms with Gasteiger partial charge in [-0.05, 0) is 53.6 Å². The van der Waals surface area contributed by atoms with Crippen molar-refractivity contribution >= 4 is 11.6 Å². The van der Waals surface area contributed by atoms with Crippen molar-refractivity contribution in [2.75, 3.05) is 21.3 Å². The largest absolute Gasteiger partial charge is 0.508 e. The lowest BCUT2D eigenvalue weighted by Gasteiger charge is -2.13. The second-order valence-electron chi connectivity index (χ2n) is 4.68. The van der Waals surface area contributed by atoms with E-state index in [9.17, 15) is 10.4 Å². The molecule has 0 saturated carbocycles. The molecule has 2 rings (SSSR count). The number of methoxy groups -OCH3 is 3. The summed E-state index contributed by atoms with van der Waals surface area (Å²) >= 11 is 0. The van der Waals surface area contributed by atoms with E-state index in [0.29, 0.717) is 28.4 Å². The van der Waals surface area contributed by atoms with Gasteiger partial charge in [-0.3, -0.25) is 0 Å². The molecule has 5 heteroatoms. The van der Waals surface area contributed by atoms with Crippen LogP contribution in [0.3, 0.4) is 0 Å². The van der Waals surface area contributed by atoms with Crippen molar-refractivity contribution in [3.8, 4) is 29.1 Å². The molecule has 0 bridgehead atoms. The minimum Gasteiger partial charge on any atom is -0.508 e. The first-order valence-electron chi connectivity index (χ1n) is 6.84. The summed E-state index contributed by atoms with van der Waals surface area (Å²) in [5.74, 6) is 1.68. The molecular weight excluding hydrogens is 294 g/mol. The third-order valence-electron chi connectivity index (χ3n) is 3.30. The first-order chi connectivity index (χ1) is 11.1. The Morgan fingerprint density at radius 2 is 1.57 bits per heavy atom. The maximum atomic E-state index is 9.40. The number of hydrogen-bond donors (Lipinski definition) is 1. The molecule has 0 radical (unpaired) electrons. The monoisotopic (exact) mass is 311 g/mol. The van der Waals surface area contributed by atoms with Gasteiger partial charge in [0.1, 0.15) is 5.75 Å². The van der Waals surface area contributed by atoms with Crippen molar-refractivity contribution in [2.45, 2.75) is 0 Å². The number of hydrogen-bond acceptors (Lipinski definition) is 5. The molecule has 0 aliphatic rings. The molecule has 0 heterocycles. The van der Waals surface area contributed by atoms with Crippen LogP contribution in [0.1, 0.15) is 11.1 Å². The molecule has 0 atom stereocenters. The Balaban J connectivity index is 2.52. The van der Waals surface area contributed by atoms with Gasteiger partial charge in [-0.15, -0.1) is 0 Å². The topological polar surface area (TPSA) is 71.7 Å². The lowest BCUT2D eigenvalue weighted by atomic mass is 10.0. The van der Waals surface area contributed by atoms with Gasteiger partial charge in [0.2, 0.25) is 5.75 Å². The molecule has 0 unspecified atom stereocenters. The van der Waals surface area contributed by atoms with Gasteiger partial charge < -0.3 is 19.3 Å². The van der Waals surface area contributed by atoms with Gasteiger partial charge >= 0.3 is 0 Å². The third kappa shape index (κ3) is 3.55. The fourth-order valence-corrected chi connectivity index (χ4v) is 2.17. The summed E-state index contributed by atoms with van der Waals surface area (Å²) in [6.45, 7) is 0. The maximum absolute atomic E-state index is 9.40. The molecule has 0 aliphatic heterocycles. The van der Waals surface area contributed by atoms with Crippen molar-refractivity contribution in [3.63, 3.8) is 0 Å². The summed E-state index contributed by atoms with van der Waals surface area (Å²) in [5.41, 5.74) is 1.91. The highest BCUT2D eigenvalue weighted by Crippen LogP contribution is 2.39. The Kier molecular flexibility index (Phi) is 5.11. The molecule has 0 amide bonds.